The van der Waals surface area contributed by atoms with Crippen LogP contribution in [-0.2, 0) is 6.54 Å². The average molecular weight is 459 g/mol. The number of nitrogens with zero attached hydrogens (tertiary/aromatic N) is 2. The molecule has 1 heterocycles. The Bertz CT molecular complexity index is 1290. The molecule has 0 bridgehead atoms. The molecule has 1 N–H and O–H groups in total. The van der Waals surface area contributed by atoms with Crippen molar-refractivity contribution in [2.24, 2.45) is 0 Å². The number of halogens is 3. The molecule has 31 heavy (non-hydrogen) atoms. The number of hydrogen-bond acceptors (Lipinski definition) is 4. The predicted octanol–water partition coefficient (Wildman–Crippen LogP) is 4.95. The standard InChI is InChI=1S/C23H17Cl2FN2O3/c24-15-7-10-20(25)21(11-15)31-13-17(29)12-28-23(30)19-4-2-1-3-18(19)22(27-28)14-5-8-16(26)9-6-14/h1-11,17,29H,12-13H2. The maximum Gasteiger partial charge on any atom is 0.274 e. The van der Waals surface area contributed by atoms with Gasteiger partial charge in [-0.3, -0.25) is 4.79 Å². The highest BCUT2D eigenvalue weighted by Gasteiger charge is 2.16. The van der Waals surface area contributed by atoms with Gasteiger partial charge in [-0.05, 0) is 42.5 Å². The van der Waals surface area contributed by atoms with Crippen LogP contribution in [0.2, 0.25) is 10.0 Å². The van der Waals surface area contributed by atoms with Crippen LogP contribution in [0.4, 0.5) is 4.39 Å². The molecule has 0 radical (unpaired) electrons. The zero-order valence-corrected chi connectivity index (χ0v) is 17.6. The molecular weight excluding hydrogens is 442 g/mol. The quantitative estimate of drug-likeness (QED) is 0.443. The van der Waals surface area contributed by atoms with Crippen LogP contribution >= 0.6 is 23.2 Å². The summed E-state index contributed by atoms with van der Waals surface area (Å²) in [6.45, 7) is -0.219. The minimum Gasteiger partial charge on any atom is -0.489 e. The number of rotatable bonds is 6. The third-order valence-electron chi connectivity index (χ3n) is 4.69. The summed E-state index contributed by atoms with van der Waals surface area (Å²) < 4.78 is 20.1. The molecule has 0 saturated carbocycles. The van der Waals surface area contributed by atoms with Crippen LogP contribution in [-0.4, -0.2) is 27.6 Å². The second-order valence-corrected chi connectivity index (χ2v) is 7.77. The molecule has 1 unspecified atom stereocenters. The molecule has 0 aliphatic carbocycles. The maximum absolute atomic E-state index is 13.4. The van der Waals surface area contributed by atoms with E-state index in [9.17, 15) is 14.3 Å². The van der Waals surface area contributed by atoms with Gasteiger partial charge in [0.25, 0.3) is 5.56 Å². The third-order valence-corrected chi connectivity index (χ3v) is 5.24. The summed E-state index contributed by atoms with van der Waals surface area (Å²) in [5.74, 6) is -0.0346. The monoisotopic (exact) mass is 458 g/mol. The lowest BCUT2D eigenvalue weighted by Crippen LogP contribution is -2.32. The van der Waals surface area contributed by atoms with Gasteiger partial charge < -0.3 is 9.84 Å². The Morgan fingerprint density at radius 1 is 1.03 bits per heavy atom. The number of aliphatic hydroxyl groups is 1. The van der Waals surface area contributed by atoms with Gasteiger partial charge in [0.05, 0.1) is 22.6 Å². The fraction of sp³-hybridized carbons (Fsp3) is 0.130. The Hall–Kier alpha value is -2.93. The molecule has 0 aliphatic heterocycles. The highest BCUT2D eigenvalue weighted by Crippen LogP contribution is 2.28. The molecule has 0 saturated heterocycles. The maximum atomic E-state index is 13.4. The van der Waals surface area contributed by atoms with Gasteiger partial charge in [-0.1, -0.05) is 41.4 Å². The van der Waals surface area contributed by atoms with Crippen LogP contribution in [0.3, 0.4) is 0 Å². The van der Waals surface area contributed by atoms with Crippen LogP contribution in [0.15, 0.2) is 71.5 Å². The van der Waals surface area contributed by atoms with E-state index in [0.29, 0.717) is 37.8 Å². The Labute approximate surface area is 187 Å². The summed E-state index contributed by atoms with van der Waals surface area (Å²) in [6, 6.07) is 17.7. The smallest absolute Gasteiger partial charge is 0.274 e. The fourth-order valence-electron chi connectivity index (χ4n) is 3.21. The van der Waals surface area contributed by atoms with Gasteiger partial charge >= 0.3 is 0 Å². The minimum atomic E-state index is -1.04. The van der Waals surface area contributed by atoms with Crippen LogP contribution in [0.25, 0.3) is 22.0 Å². The number of ether oxygens (including phenoxy) is 1. The Morgan fingerprint density at radius 3 is 2.48 bits per heavy atom. The van der Waals surface area contributed by atoms with E-state index in [1.54, 1.807) is 54.6 Å². The second-order valence-electron chi connectivity index (χ2n) is 6.93. The van der Waals surface area contributed by atoms with Crippen molar-refractivity contribution in [3.8, 4) is 17.0 Å². The number of fused-ring (bicyclic) bond motifs is 1. The first-order valence-corrected chi connectivity index (χ1v) is 10.2. The van der Waals surface area contributed by atoms with E-state index in [-0.39, 0.29) is 24.5 Å². The van der Waals surface area contributed by atoms with Crippen molar-refractivity contribution in [2.45, 2.75) is 12.6 Å². The zero-order valence-electron chi connectivity index (χ0n) is 16.1. The Morgan fingerprint density at radius 2 is 1.74 bits per heavy atom. The summed E-state index contributed by atoms with van der Waals surface area (Å²) >= 11 is 12.0. The van der Waals surface area contributed by atoms with E-state index >= 15 is 0 Å². The van der Waals surface area contributed by atoms with Gasteiger partial charge in [0.2, 0.25) is 0 Å². The van der Waals surface area contributed by atoms with Crippen molar-refractivity contribution >= 4 is 34.0 Å². The first-order valence-electron chi connectivity index (χ1n) is 9.44. The summed E-state index contributed by atoms with van der Waals surface area (Å²) in [4.78, 5) is 12.9. The third kappa shape index (κ3) is 4.71. The van der Waals surface area contributed by atoms with E-state index in [2.05, 4.69) is 5.10 Å². The summed E-state index contributed by atoms with van der Waals surface area (Å²) in [7, 11) is 0. The molecule has 0 amide bonds. The van der Waals surface area contributed by atoms with Gasteiger partial charge in [-0.15, -0.1) is 0 Å². The van der Waals surface area contributed by atoms with Crippen LogP contribution in [0, 0.1) is 5.82 Å². The van der Waals surface area contributed by atoms with Crippen LogP contribution in [0.1, 0.15) is 0 Å². The summed E-state index contributed by atoms with van der Waals surface area (Å²) in [6.07, 6.45) is -1.04. The van der Waals surface area contributed by atoms with Gasteiger partial charge in [-0.25, -0.2) is 9.07 Å². The molecular formula is C23H17Cl2FN2O3. The van der Waals surface area contributed by atoms with E-state index in [0.717, 1.165) is 0 Å². The largest absolute Gasteiger partial charge is 0.489 e. The van der Waals surface area contributed by atoms with Crippen molar-refractivity contribution in [1.29, 1.82) is 0 Å². The van der Waals surface area contributed by atoms with Crippen molar-refractivity contribution < 1.29 is 14.2 Å². The van der Waals surface area contributed by atoms with E-state index in [1.165, 1.54) is 16.8 Å². The lowest BCUT2D eigenvalue weighted by Gasteiger charge is -2.16. The van der Waals surface area contributed by atoms with Gasteiger partial charge in [-0.2, -0.15) is 5.10 Å². The SMILES string of the molecule is O=c1c2ccccc2c(-c2ccc(F)cc2)nn1CC(O)COc1cc(Cl)ccc1Cl. The first-order chi connectivity index (χ1) is 14.9. The summed E-state index contributed by atoms with van der Waals surface area (Å²) in [5.41, 5.74) is 0.824. The Balaban J connectivity index is 1.64. The Kier molecular flexibility index (Phi) is 6.23. The summed E-state index contributed by atoms with van der Waals surface area (Å²) in [5, 5.41) is 16.8. The number of benzene rings is 3. The molecule has 1 aromatic heterocycles. The van der Waals surface area contributed by atoms with Gasteiger partial charge in [0.1, 0.15) is 24.3 Å². The van der Waals surface area contributed by atoms with Crippen LogP contribution < -0.4 is 10.3 Å². The molecule has 0 fully saturated rings. The molecule has 4 rings (SSSR count). The van der Waals surface area contributed by atoms with E-state index < -0.39 is 6.10 Å². The predicted molar refractivity (Wildman–Crippen MR) is 119 cm³/mol. The minimum absolute atomic E-state index is 0.101. The fourth-order valence-corrected chi connectivity index (χ4v) is 3.54. The van der Waals surface area contributed by atoms with Gasteiger partial charge in [0.15, 0.2) is 0 Å². The molecule has 3 aromatic carbocycles. The molecule has 5 nitrogen and oxygen atoms in total. The normalized spacial score (nSPS) is 12.1. The van der Waals surface area contributed by atoms with Crippen molar-refractivity contribution in [3.05, 3.63) is 92.9 Å². The molecule has 8 heteroatoms. The topological polar surface area (TPSA) is 64.4 Å². The zero-order chi connectivity index (χ0) is 22.0. The molecule has 1 atom stereocenters. The van der Waals surface area contributed by atoms with Gasteiger partial charge in [0, 0.05) is 22.0 Å². The van der Waals surface area contributed by atoms with Crippen molar-refractivity contribution in [3.63, 3.8) is 0 Å². The number of hydrogen-bond donors (Lipinski definition) is 1. The molecule has 0 spiro atoms. The van der Waals surface area contributed by atoms with E-state index in [1.807, 2.05) is 0 Å². The van der Waals surface area contributed by atoms with Crippen LogP contribution in [0.5, 0.6) is 5.75 Å². The number of aliphatic hydroxyl groups excluding tert-OH is 1. The molecule has 4 aromatic rings. The van der Waals surface area contributed by atoms with E-state index in [4.69, 9.17) is 27.9 Å². The highest BCUT2D eigenvalue weighted by atomic mass is 35.5. The van der Waals surface area contributed by atoms with Crippen molar-refractivity contribution in [1.82, 2.24) is 9.78 Å². The number of aromatic nitrogens is 2. The lowest BCUT2D eigenvalue weighted by molar-refractivity contribution is 0.0883. The average Bonchev–Trinajstić information content (AvgIpc) is 2.77. The first kappa shape index (κ1) is 21.3. The molecule has 0 aliphatic rings. The highest BCUT2D eigenvalue weighted by molar-refractivity contribution is 6.34. The molecule has 158 valence electrons. The second kappa shape index (κ2) is 9.06. The van der Waals surface area contributed by atoms with Crippen molar-refractivity contribution in [2.75, 3.05) is 6.61 Å². The lowest BCUT2D eigenvalue weighted by atomic mass is 10.1.